The van der Waals surface area contributed by atoms with Crippen molar-refractivity contribution in [2.45, 2.75) is 45.7 Å². The van der Waals surface area contributed by atoms with Crippen molar-refractivity contribution in [3.63, 3.8) is 0 Å². The normalized spacial score (nSPS) is 14.0. The molecule has 3 heterocycles. The fourth-order valence-electron chi connectivity index (χ4n) is 3.46. The van der Waals surface area contributed by atoms with E-state index in [2.05, 4.69) is 10.9 Å². The first-order valence-corrected chi connectivity index (χ1v) is 9.87. The van der Waals surface area contributed by atoms with Gasteiger partial charge in [-0.05, 0) is 32.9 Å². The number of hydrogen-bond donors (Lipinski definition) is 2. The van der Waals surface area contributed by atoms with Crippen molar-refractivity contribution in [1.82, 2.24) is 19.2 Å². The number of nitrogens with two attached hydrogens (primary N) is 2. The average Bonchev–Trinajstić information content (AvgIpc) is 3.23. The van der Waals surface area contributed by atoms with E-state index < -0.39 is 11.2 Å². The van der Waals surface area contributed by atoms with Crippen LogP contribution < -0.4 is 22.7 Å². The topological polar surface area (TPSA) is 159 Å². The van der Waals surface area contributed by atoms with Crippen LogP contribution in [0.4, 0.5) is 5.82 Å². The minimum atomic E-state index is -0.611. The van der Waals surface area contributed by atoms with Crippen molar-refractivity contribution in [3.05, 3.63) is 44.4 Å². The van der Waals surface area contributed by atoms with E-state index in [0.717, 1.165) is 36.9 Å². The van der Waals surface area contributed by atoms with Gasteiger partial charge >= 0.3 is 5.69 Å². The van der Waals surface area contributed by atoms with E-state index in [4.69, 9.17) is 15.1 Å². The van der Waals surface area contributed by atoms with E-state index in [1.54, 1.807) is 13.0 Å². The molecule has 30 heavy (non-hydrogen) atoms. The number of aryl methyl sites for hydroxylation is 1. The maximum absolute atomic E-state index is 12.8. The summed E-state index contributed by atoms with van der Waals surface area (Å²) in [5.74, 6) is -0.406. The average molecular weight is 420 g/mol. The van der Waals surface area contributed by atoms with Crippen molar-refractivity contribution < 1.29 is 14.1 Å². The molecule has 0 saturated carbocycles. The molecule has 1 saturated heterocycles. The number of nitrogens with zero attached hydrogens (tertiary/aromatic N) is 4. The molecule has 3 rings (SSSR count). The zero-order valence-electron chi connectivity index (χ0n) is 17.1. The Labute approximate surface area is 173 Å². The van der Waals surface area contributed by atoms with Gasteiger partial charge in [0.15, 0.2) is 5.78 Å². The molecule has 1 aliphatic rings. The Morgan fingerprint density at radius 2 is 1.90 bits per heavy atom. The Bertz CT molecular complexity index is 957. The van der Waals surface area contributed by atoms with Crippen LogP contribution >= 0.6 is 0 Å². The number of ketones is 1. The van der Waals surface area contributed by atoms with Crippen LogP contribution in [0.5, 0.6) is 0 Å². The van der Waals surface area contributed by atoms with Gasteiger partial charge in [-0.3, -0.25) is 28.4 Å². The van der Waals surface area contributed by atoms with Gasteiger partial charge in [0.1, 0.15) is 17.6 Å². The predicted molar refractivity (Wildman–Crippen MR) is 110 cm³/mol. The molecule has 2 aromatic rings. The second-order valence-electron chi connectivity index (χ2n) is 6.88. The summed E-state index contributed by atoms with van der Waals surface area (Å²) in [7, 11) is 0. The lowest BCUT2D eigenvalue weighted by Gasteiger charge is -2.26. The van der Waals surface area contributed by atoms with Gasteiger partial charge < -0.3 is 16.0 Å². The Morgan fingerprint density at radius 1 is 1.23 bits per heavy atom. The van der Waals surface area contributed by atoms with Crippen LogP contribution in [0.1, 0.15) is 42.2 Å². The van der Waals surface area contributed by atoms with Crippen LogP contribution in [-0.2, 0) is 24.3 Å². The Balaban J connectivity index is 0.00000101. The monoisotopic (exact) mass is 420 g/mol. The van der Waals surface area contributed by atoms with Crippen LogP contribution in [-0.4, -0.2) is 51.0 Å². The first kappa shape index (κ1) is 23.1. The van der Waals surface area contributed by atoms with Crippen molar-refractivity contribution in [2.24, 2.45) is 5.73 Å². The molecule has 0 radical (unpaired) electrons. The number of piperidine rings is 1. The Morgan fingerprint density at radius 3 is 2.47 bits per heavy atom. The number of nitrogen functional groups attached to an aromatic ring is 1. The summed E-state index contributed by atoms with van der Waals surface area (Å²) in [5.41, 5.74) is 9.73. The van der Waals surface area contributed by atoms with E-state index in [9.17, 15) is 14.4 Å². The first-order chi connectivity index (χ1) is 14.4. The molecule has 0 unspecified atom stereocenters. The molecular weight excluding hydrogens is 392 g/mol. The fourth-order valence-corrected chi connectivity index (χ4v) is 3.46. The van der Waals surface area contributed by atoms with Crippen molar-refractivity contribution in [1.29, 1.82) is 0 Å². The highest BCUT2D eigenvalue weighted by atomic mass is 16.5. The minimum absolute atomic E-state index is 0.0693. The molecule has 0 spiro atoms. The molecule has 164 valence electrons. The number of hydrogen-bond acceptors (Lipinski definition) is 8. The van der Waals surface area contributed by atoms with Gasteiger partial charge in [0.25, 0.3) is 5.56 Å². The molecule has 4 N–H and O–H groups in total. The third-order valence-corrected chi connectivity index (χ3v) is 4.96. The van der Waals surface area contributed by atoms with Crippen molar-refractivity contribution >= 4 is 18.0 Å². The molecule has 1 fully saturated rings. The highest BCUT2D eigenvalue weighted by molar-refractivity contribution is 6.01. The molecule has 0 bridgehead atoms. The maximum atomic E-state index is 12.8. The molecule has 2 aromatic heterocycles. The molecule has 0 aromatic carbocycles. The summed E-state index contributed by atoms with van der Waals surface area (Å²) in [4.78, 5) is 48.8. The SMILES string of the molecule is CCn1c(=O)c(C(=O)CN2CCCCC2)c(N)n(CCc2ccon2)c1=O.NC=O. The van der Waals surface area contributed by atoms with Gasteiger partial charge in [0, 0.05) is 25.6 Å². The number of aromatic nitrogens is 3. The van der Waals surface area contributed by atoms with E-state index >= 15 is 0 Å². The number of rotatable bonds is 7. The Hall–Kier alpha value is -3.21. The minimum Gasteiger partial charge on any atom is -0.384 e. The van der Waals surface area contributed by atoms with Crippen molar-refractivity contribution in [2.75, 3.05) is 25.4 Å². The van der Waals surface area contributed by atoms with Crippen LogP contribution in [0.2, 0.25) is 0 Å². The number of carbonyl (C=O) groups is 2. The summed E-state index contributed by atoms with van der Waals surface area (Å²) < 4.78 is 7.13. The first-order valence-electron chi connectivity index (χ1n) is 9.87. The number of carbonyl (C=O) groups excluding carboxylic acids is 2. The van der Waals surface area contributed by atoms with Gasteiger partial charge in [-0.15, -0.1) is 0 Å². The molecule has 11 nitrogen and oxygen atoms in total. The zero-order valence-corrected chi connectivity index (χ0v) is 17.1. The van der Waals surface area contributed by atoms with Gasteiger partial charge in [-0.25, -0.2) is 4.79 Å². The lowest BCUT2D eigenvalue weighted by Crippen LogP contribution is -2.45. The van der Waals surface area contributed by atoms with Crippen LogP contribution in [0, 0.1) is 0 Å². The van der Waals surface area contributed by atoms with E-state index in [1.807, 2.05) is 4.90 Å². The summed E-state index contributed by atoms with van der Waals surface area (Å²) in [6, 6.07) is 1.69. The highest BCUT2D eigenvalue weighted by Crippen LogP contribution is 2.12. The standard InChI is InChI=1S/C18H25N5O4.CH3NO/c1-2-22-17(25)15(14(24)12-21-8-4-3-5-9-21)16(19)23(18(22)26)10-6-13-7-11-27-20-13;2-1-3/h7,11H,2-6,8-10,12,19H2,1H3;1H,(H2,2,3). The second kappa shape index (κ2) is 11.1. The third-order valence-electron chi connectivity index (χ3n) is 4.96. The largest absolute Gasteiger partial charge is 0.384 e. The fraction of sp³-hybridized carbons (Fsp3) is 0.526. The summed E-state index contributed by atoms with van der Waals surface area (Å²) in [6.07, 6.45) is 5.34. The highest BCUT2D eigenvalue weighted by Gasteiger charge is 2.24. The zero-order chi connectivity index (χ0) is 22.1. The lowest BCUT2D eigenvalue weighted by molar-refractivity contribution is -0.106. The van der Waals surface area contributed by atoms with Gasteiger partial charge in [0.2, 0.25) is 6.41 Å². The Kier molecular flexibility index (Phi) is 8.54. The van der Waals surface area contributed by atoms with Crippen LogP contribution in [0.15, 0.2) is 26.4 Å². The summed E-state index contributed by atoms with van der Waals surface area (Å²) in [5, 5.41) is 3.81. The molecule has 1 aliphatic heterocycles. The molecule has 0 aliphatic carbocycles. The van der Waals surface area contributed by atoms with Gasteiger partial charge in [-0.2, -0.15) is 0 Å². The summed E-state index contributed by atoms with van der Waals surface area (Å²) in [6.45, 7) is 3.89. The number of Topliss-reactive ketones (excluding diaryl/α,β-unsaturated/α-hetero) is 1. The van der Waals surface area contributed by atoms with Gasteiger partial charge in [0.05, 0.1) is 12.2 Å². The lowest BCUT2D eigenvalue weighted by atomic mass is 10.1. The molecule has 1 amide bonds. The van der Waals surface area contributed by atoms with E-state index in [-0.39, 0.29) is 43.2 Å². The van der Waals surface area contributed by atoms with Crippen molar-refractivity contribution in [3.8, 4) is 0 Å². The molecule has 11 heteroatoms. The number of primary amides is 1. The quantitative estimate of drug-likeness (QED) is 0.452. The maximum Gasteiger partial charge on any atom is 0.332 e. The number of likely N-dealkylation sites (tertiary alicyclic amines) is 1. The third kappa shape index (κ3) is 5.44. The summed E-state index contributed by atoms with van der Waals surface area (Å²) >= 11 is 0. The van der Waals surface area contributed by atoms with E-state index in [1.165, 1.54) is 10.8 Å². The van der Waals surface area contributed by atoms with Gasteiger partial charge in [-0.1, -0.05) is 11.6 Å². The number of amides is 1. The molecule has 0 atom stereocenters. The molecular formula is C19H28N6O5. The predicted octanol–water partition coefficient (Wildman–Crippen LogP) is -0.387. The van der Waals surface area contributed by atoms with Crippen LogP contribution in [0.25, 0.3) is 0 Å². The number of anilines is 1. The second-order valence-corrected chi connectivity index (χ2v) is 6.88. The van der Waals surface area contributed by atoms with E-state index in [0.29, 0.717) is 12.1 Å². The van der Waals surface area contributed by atoms with Crippen LogP contribution in [0.3, 0.4) is 0 Å². The smallest absolute Gasteiger partial charge is 0.332 e.